The first kappa shape index (κ1) is 31.7. The summed E-state index contributed by atoms with van der Waals surface area (Å²) in [6, 6.07) is 13.8. The number of phosphoric acid groups is 1. The Kier molecular flexibility index (Phi) is 11.8. The number of piperazine rings is 1. The fourth-order valence-corrected chi connectivity index (χ4v) is 5.39. The number of halogens is 2. The van der Waals surface area contributed by atoms with Crippen LogP contribution in [0.4, 0.5) is 5.69 Å². The van der Waals surface area contributed by atoms with Gasteiger partial charge in [-0.1, -0.05) is 29.3 Å². The predicted octanol–water partition coefficient (Wildman–Crippen LogP) is 3.27. The first-order chi connectivity index (χ1) is 17.6. The van der Waals surface area contributed by atoms with Crippen molar-refractivity contribution in [2.75, 3.05) is 44.2 Å². The van der Waals surface area contributed by atoms with Gasteiger partial charge in [0.2, 0.25) is 0 Å². The molecule has 0 N–H and O–H groups in total. The molecule has 1 atom stereocenters. The molecular weight excluding hydrogens is 580 g/mol. The summed E-state index contributed by atoms with van der Waals surface area (Å²) in [7, 11) is -5.27. The molecule has 0 radical (unpaired) electrons. The molecule has 1 unspecified atom stereocenters. The van der Waals surface area contributed by atoms with E-state index >= 15 is 0 Å². The van der Waals surface area contributed by atoms with Gasteiger partial charge in [-0.2, -0.15) is 0 Å². The number of nitrogens with zero attached hydrogens (tertiary/aromatic N) is 3. The predicted molar refractivity (Wildman–Crippen MR) is 147 cm³/mol. The summed E-state index contributed by atoms with van der Waals surface area (Å²) in [5.74, 6) is 0.540. The van der Waals surface area contributed by atoms with Gasteiger partial charge in [-0.05, 0) is 62.0 Å². The zero-order chi connectivity index (χ0) is 26.6. The van der Waals surface area contributed by atoms with Crippen LogP contribution in [0.1, 0.15) is 26.0 Å². The molecule has 2 heterocycles. The standard InChI is InChI=1S/C25H30Cl2N3O6P.Ca/c1-18(36-37(32,33)34)30-23-17-20(9-7-19(23)8-10-24(30)31)35-16-3-2-11-28-12-14-29(15-13-28)22-6-4-5-21(26)25(22)27;/h4-10,17-18H,2-3,11-16H2,1H3,(H2,32,33,34);/q;+2/p-2. The second kappa shape index (κ2) is 14.2. The van der Waals surface area contributed by atoms with Crippen LogP contribution in [0.25, 0.3) is 10.9 Å². The van der Waals surface area contributed by atoms with Crippen molar-refractivity contribution in [2.45, 2.75) is 26.0 Å². The molecule has 0 bridgehead atoms. The van der Waals surface area contributed by atoms with Gasteiger partial charge in [0.25, 0.3) is 5.56 Å². The summed E-state index contributed by atoms with van der Waals surface area (Å²) in [6.07, 6.45) is 0.529. The molecule has 9 nitrogen and oxygen atoms in total. The largest absolute Gasteiger partial charge is 2.00 e. The van der Waals surface area contributed by atoms with Gasteiger partial charge < -0.3 is 28.5 Å². The van der Waals surface area contributed by atoms with Crippen LogP contribution in [-0.2, 0) is 9.09 Å². The number of ether oxygens (including phenoxy) is 1. The molecule has 200 valence electrons. The maximum Gasteiger partial charge on any atom is 2.00 e. The van der Waals surface area contributed by atoms with Gasteiger partial charge in [0, 0.05) is 38.3 Å². The maximum atomic E-state index is 12.4. The van der Waals surface area contributed by atoms with Crippen molar-refractivity contribution in [1.29, 1.82) is 0 Å². The van der Waals surface area contributed by atoms with Gasteiger partial charge in [0.15, 0.2) is 0 Å². The van der Waals surface area contributed by atoms with E-state index in [2.05, 4.69) is 14.3 Å². The molecule has 1 aromatic heterocycles. The molecule has 1 saturated heterocycles. The Labute approximate surface area is 261 Å². The number of rotatable bonds is 10. The van der Waals surface area contributed by atoms with E-state index in [-0.39, 0.29) is 37.7 Å². The van der Waals surface area contributed by atoms with Crippen LogP contribution in [0.15, 0.2) is 53.3 Å². The first-order valence-electron chi connectivity index (χ1n) is 12.0. The third-order valence-electron chi connectivity index (χ3n) is 6.33. The number of phosphoric ester groups is 1. The van der Waals surface area contributed by atoms with Crippen molar-refractivity contribution in [3.63, 3.8) is 0 Å². The smallest absolute Gasteiger partial charge is 0.790 e. The molecule has 1 fully saturated rings. The van der Waals surface area contributed by atoms with Gasteiger partial charge in [0.1, 0.15) is 12.0 Å². The Bertz CT molecular complexity index is 1350. The van der Waals surface area contributed by atoms with E-state index < -0.39 is 19.6 Å². The second-order valence-electron chi connectivity index (χ2n) is 8.87. The van der Waals surface area contributed by atoms with E-state index in [9.17, 15) is 19.1 Å². The summed E-state index contributed by atoms with van der Waals surface area (Å²) in [6.45, 7) is 6.41. The molecule has 1 aliphatic heterocycles. The van der Waals surface area contributed by atoms with Crippen LogP contribution >= 0.6 is 31.0 Å². The van der Waals surface area contributed by atoms with Crippen LogP contribution in [0.3, 0.4) is 0 Å². The first-order valence-corrected chi connectivity index (χ1v) is 14.2. The Morgan fingerprint density at radius 1 is 1.03 bits per heavy atom. The fourth-order valence-electron chi connectivity index (χ4n) is 4.51. The minimum atomic E-state index is -5.27. The van der Waals surface area contributed by atoms with Gasteiger partial charge in [0.05, 0.1) is 35.7 Å². The Hall–Kier alpha value is -0.840. The number of anilines is 1. The minimum Gasteiger partial charge on any atom is -0.790 e. The molecule has 0 spiro atoms. The fraction of sp³-hybridized carbons (Fsp3) is 0.400. The number of aromatic nitrogens is 1. The number of hydrogen-bond donors (Lipinski definition) is 0. The van der Waals surface area contributed by atoms with Crippen LogP contribution in [0.2, 0.25) is 10.0 Å². The van der Waals surface area contributed by atoms with Crippen LogP contribution < -0.4 is 25.0 Å². The van der Waals surface area contributed by atoms with Gasteiger partial charge in [-0.3, -0.25) is 14.3 Å². The van der Waals surface area contributed by atoms with E-state index in [1.807, 2.05) is 12.1 Å². The summed E-state index contributed by atoms with van der Waals surface area (Å²) in [5.41, 5.74) is 0.908. The number of unbranched alkanes of at least 4 members (excludes halogenated alkanes) is 1. The number of fused-ring (bicyclic) bond motifs is 1. The average Bonchev–Trinajstić information content (AvgIpc) is 2.84. The molecule has 38 heavy (non-hydrogen) atoms. The van der Waals surface area contributed by atoms with E-state index in [1.54, 1.807) is 30.3 Å². The molecular formula is C25H28CaCl2N3O6P. The molecule has 13 heteroatoms. The van der Waals surface area contributed by atoms with Crippen LogP contribution in [0, 0.1) is 0 Å². The topological polar surface area (TPSA) is 110 Å². The molecule has 3 aromatic rings. The van der Waals surface area contributed by atoms with E-state index in [0.717, 1.165) is 55.8 Å². The zero-order valence-corrected chi connectivity index (χ0v) is 25.7. The minimum absolute atomic E-state index is 0. The zero-order valence-electron chi connectivity index (χ0n) is 21.1. The van der Waals surface area contributed by atoms with Crippen molar-refractivity contribution < 1.29 is 23.6 Å². The molecule has 2 aromatic carbocycles. The third-order valence-corrected chi connectivity index (χ3v) is 7.70. The Morgan fingerprint density at radius 3 is 2.45 bits per heavy atom. The van der Waals surface area contributed by atoms with Gasteiger partial charge >= 0.3 is 37.7 Å². The van der Waals surface area contributed by atoms with Crippen LogP contribution in [0.5, 0.6) is 5.75 Å². The van der Waals surface area contributed by atoms with Crippen molar-refractivity contribution >= 4 is 85.4 Å². The SMILES string of the molecule is CC(OP(=O)([O-])[O-])n1c(=O)ccc2ccc(OCCCCN3CCN(c4cccc(Cl)c4Cl)CC3)cc21.[Ca+2]. The molecule has 4 rings (SSSR count). The normalized spacial score (nSPS) is 15.3. The molecule has 0 aliphatic carbocycles. The molecule has 0 amide bonds. The van der Waals surface area contributed by atoms with Crippen molar-refractivity contribution in [2.24, 2.45) is 0 Å². The van der Waals surface area contributed by atoms with Crippen molar-refractivity contribution in [1.82, 2.24) is 9.47 Å². The van der Waals surface area contributed by atoms with Crippen LogP contribution in [-0.4, -0.2) is 86.5 Å². The van der Waals surface area contributed by atoms with E-state index in [4.69, 9.17) is 27.9 Å². The van der Waals surface area contributed by atoms with Crippen molar-refractivity contribution in [3.05, 3.63) is 68.9 Å². The maximum absolute atomic E-state index is 12.4. The third kappa shape index (κ3) is 8.33. The Balaban J connectivity index is 0.00000400. The van der Waals surface area contributed by atoms with Gasteiger partial charge in [-0.15, -0.1) is 0 Å². The summed E-state index contributed by atoms with van der Waals surface area (Å²) in [4.78, 5) is 39.1. The monoisotopic (exact) mass is 607 g/mol. The van der Waals surface area contributed by atoms with Gasteiger partial charge in [-0.25, -0.2) is 0 Å². The quantitative estimate of drug-likeness (QED) is 0.196. The average molecular weight is 608 g/mol. The summed E-state index contributed by atoms with van der Waals surface area (Å²) < 4.78 is 22.6. The summed E-state index contributed by atoms with van der Waals surface area (Å²) >= 11 is 12.5. The number of pyridine rings is 1. The second-order valence-corrected chi connectivity index (χ2v) is 10.8. The van der Waals surface area contributed by atoms with E-state index in [1.165, 1.54) is 13.0 Å². The van der Waals surface area contributed by atoms with Crippen molar-refractivity contribution in [3.8, 4) is 5.75 Å². The number of hydrogen-bond acceptors (Lipinski definition) is 8. The summed E-state index contributed by atoms with van der Waals surface area (Å²) in [5, 5.41) is 1.85. The Morgan fingerprint density at radius 2 is 1.74 bits per heavy atom. The molecule has 1 aliphatic rings. The molecule has 0 saturated carbocycles. The number of benzene rings is 2. The van der Waals surface area contributed by atoms with E-state index in [0.29, 0.717) is 33.3 Å².